The Balaban J connectivity index is 2.22. The summed E-state index contributed by atoms with van der Waals surface area (Å²) in [5.74, 6) is 0.423. The first-order chi connectivity index (χ1) is 12.3. The molecule has 138 valence electrons. The molecule has 0 aromatic heterocycles. The van der Waals surface area contributed by atoms with E-state index in [0.717, 1.165) is 12.1 Å². The molecule has 0 spiro atoms. The predicted octanol–water partition coefficient (Wildman–Crippen LogP) is 5.09. The van der Waals surface area contributed by atoms with Crippen molar-refractivity contribution in [3.05, 3.63) is 59.7 Å². The van der Waals surface area contributed by atoms with Gasteiger partial charge in [-0.3, -0.25) is 0 Å². The highest BCUT2D eigenvalue weighted by atomic mass is 19.4. The van der Waals surface area contributed by atoms with Crippen molar-refractivity contribution in [3.8, 4) is 11.5 Å². The number of nitrogens with zero attached hydrogens (tertiary/aromatic N) is 2. The van der Waals surface area contributed by atoms with Crippen molar-refractivity contribution < 1.29 is 28.0 Å². The van der Waals surface area contributed by atoms with E-state index >= 15 is 0 Å². The third-order valence-corrected chi connectivity index (χ3v) is 3.30. The molecule has 1 N–H and O–H groups in total. The van der Waals surface area contributed by atoms with Crippen molar-refractivity contribution >= 4 is 11.4 Å². The second kappa shape index (κ2) is 8.37. The van der Waals surface area contributed by atoms with Crippen molar-refractivity contribution in [2.45, 2.75) is 20.0 Å². The fourth-order valence-electron chi connectivity index (χ4n) is 2.06. The van der Waals surface area contributed by atoms with Crippen LogP contribution in [0.5, 0.6) is 11.5 Å². The minimum absolute atomic E-state index is 0.0730. The third-order valence-electron chi connectivity index (χ3n) is 3.30. The Kier molecular flexibility index (Phi) is 6.21. The lowest BCUT2D eigenvalue weighted by molar-refractivity contribution is -0.137. The molecule has 0 radical (unpaired) electrons. The van der Waals surface area contributed by atoms with E-state index in [2.05, 4.69) is 10.3 Å². The Morgan fingerprint density at radius 3 is 2.35 bits per heavy atom. The average Bonchev–Trinajstić information content (AvgIpc) is 2.62. The van der Waals surface area contributed by atoms with Gasteiger partial charge in [0.05, 0.1) is 5.56 Å². The summed E-state index contributed by atoms with van der Waals surface area (Å²) in [5.41, 5.74) is 0.405. The Morgan fingerprint density at radius 2 is 1.77 bits per heavy atom. The molecule has 2 aromatic carbocycles. The predicted molar refractivity (Wildman–Crippen MR) is 91.0 cm³/mol. The van der Waals surface area contributed by atoms with Crippen LogP contribution in [0, 0.1) is 0 Å². The molecule has 0 bridgehead atoms. The van der Waals surface area contributed by atoms with E-state index in [4.69, 9.17) is 14.8 Å². The van der Waals surface area contributed by atoms with Gasteiger partial charge in [-0.25, -0.2) is 0 Å². The largest absolute Gasteiger partial charge is 0.457 e. The first kappa shape index (κ1) is 19.3. The molecule has 0 amide bonds. The fraction of sp³-hybridized carbons (Fsp3) is 0.222. The van der Waals surface area contributed by atoms with Gasteiger partial charge < -0.3 is 14.8 Å². The van der Waals surface area contributed by atoms with Crippen LogP contribution in [0.15, 0.2) is 58.8 Å². The summed E-state index contributed by atoms with van der Waals surface area (Å²) in [7, 11) is 0. The minimum atomic E-state index is -4.44. The van der Waals surface area contributed by atoms with E-state index in [-0.39, 0.29) is 11.5 Å². The topological polar surface area (TPSA) is 63.4 Å². The fourth-order valence-corrected chi connectivity index (χ4v) is 2.06. The first-order valence-electron chi connectivity index (χ1n) is 7.69. The highest BCUT2D eigenvalue weighted by Gasteiger charge is 2.30. The van der Waals surface area contributed by atoms with Gasteiger partial charge in [0.1, 0.15) is 29.5 Å². The molecular weight excluding hydrogens is 349 g/mol. The van der Waals surface area contributed by atoms with Gasteiger partial charge in [0, 0.05) is 5.56 Å². The van der Waals surface area contributed by atoms with Crippen LogP contribution in [0.3, 0.4) is 0 Å². The number of halogens is 3. The number of hydrogen-bond acceptors (Lipinski definition) is 5. The van der Waals surface area contributed by atoms with Crippen molar-refractivity contribution in [2.24, 2.45) is 10.3 Å². The van der Waals surface area contributed by atoms with Crippen molar-refractivity contribution in [2.75, 3.05) is 6.61 Å². The highest BCUT2D eigenvalue weighted by molar-refractivity contribution is 6.47. The van der Waals surface area contributed by atoms with E-state index in [1.807, 2.05) is 0 Å². The van der Waals surface area contributed by atoms with Crippen LogP contribution in [0.2, 0.25) is 0 Å². The number of hydrogen-bond donors (Lipinski definition) is 1. The van der Waals surface area contributed by atoms with Crippen molar-refractivity contribution in [1.82, 2.24) is 0 Å². The number of ether oxygens (including phenoxy) is 1. The quantitative estimate of drug-likeness (QED) is 0.440. The zero-order chi connectivity index (χ0) is 19.2. The summed E-state index contributed by atoms with van der Waals surface area (Å²) in [5, 5.41) is 15.9. The van der Waals surface area contributed by atoms with Gasteiger partial charge in [-0.05, 0) is 56.3 Å². The molecule has 26 heavy (non-hydrogen) atoms. The zero-order valence-corrected chi connectivity index (χ0v) is 14.1. The molecule has 5 nitrogen and oxygen atoms in total. The van der Waals surface area contributed by atoms with Crippen molar-refractivity contribution in [1.29, 1.82) is 0 Å². The van der Waals surface area contributed by atoms with Crippen LogP contribution in [-0.2, 0) is 11.0 Å². The molecule has 0 saturated carbocycles. The molecule has 0 aliphatic carbocycles. The summed E-state index contributed by atoms with van der Waals surface area (Å²) < 4.78 is 43.7. The summed E-state index contributed by atoms with van der Waals surface area (Å²) in [4.78, 5) is 5.00. The molecule has 8 heteroatoms. The molecule has 0 heterocycles. The molecule has 2 aromatic rings. The van der Waals surface area contributed by atoms with Gasteiger partial charge in [-0.2, -0.15) is 13.2 Å². The summed E-state index contributed by atoms with van der Waals surface area (Å²) in [6.07, 6.45) is -4.44. The normalized spacial score (nSPS) is 12.8. The second-order valence-electron chi connectivity index (χ2n) is 5.20. The number of oxime groups is 2. The van der Waals surface area contributed by atoms with Gasteiger partial charge in [-0.1, -0.05) is 16.4 Å². The lowest BCUT2D eigenvalue weighted by Gasteiger charge is -2.11. The molecular formula is C18H17F3N2O3. The lowest BCUT2D eigenvalue weighted by atomic mass is 10.1. The van der Waals surface area contributed by atoms with Crippen LogP contribution in [0.1, 0.15) is 25.0 Å². The van der Waals surface area contributed by atoms with Gasteiger partial charge in [0.2, 0.25) is 0 Å². The van der Waals surface area contributed by atoms with Crippen LogP contribution < -0.4 is 4.74 Å². The van der Waals surface area contributed by atoms with Gasteiger partial charge >= 0.3 is 6.18 Å². The number of alkyl halides is 3. The summed E-state index contributed by atoms with van der Waals surface area (Å²) in [6, 6.07) is 11.0. The van der Waals surface area contributed by atoms with Gasteiger partial charge in [0.25, 0.3) is 0 Å². The maximum Gasteiger partial charge on any atom is 0.416 e. The van der Waals surface area contributed by atoms with E-state index in [9.17, 15) is 13.2 Å². The first-order valence-corrected chi connectivity index (χ1v) is 7.69. The Morgan fingerprint density at radius 1 is 1.08 bits per heavy atom. The maximum absolute atomic E-state index is 12.7. The highest BCUT2D eigenvalue weighted by Crippen LogP contribution is 2.32. The van der Waals surface area contributed by atoms with Crippen LogP contribution in [0.4, 0.5) is 13.2 Å². The monoisotopic (exact) mass is 366 g/mol. The molecule has 0 fully saturated rings. The van der Waals surface area contributed by atoms with Crippen LogP contribution in [-0.4, -0.2) is 23.2 Å². The second-order valence-corrected chi connectivity index (χ2v) is 5.20. The van der Waals surface area contributed by atoms with E-state index in [0.29, 0.717) is 23.6 Å². The van der Waals surface area contributed by atoms with E-state index < -0.39 is 11.7 Å². The molecule has 2 rings (SSSR count). The molecule has 0 aliphatic rings. The van der Waals surface area contributed by atoms with E-state index in [1.54, 1.807) is 38.1 Å². The van der Waals surface area contributed by atoms with Crippen LogP contribution >= 0.6 is 0 Å². The van der Waals surface area contributed by atoms with Gasteiger partial charge in [-0.15, -0.1) is 0 Å². The average molecular weight is 366 g/mol. The SMILES string of the molecule is CCO/N=C(/C(C)=N/O)c1ccc(Oc2cccc(C(F)(F)F)c2)cc1. The third kappa shape index (κ3) is 4.98. The molecule has 0 saturated heterocycles. The Hall–Kier alpha value is -3.03. The zero-order valence-electron chi connectivity index (χ0n) is 14.1. The lowest BCUT2D eigenvalue weighted by Crippen LogP contribution is -2.13. The minimum Gasteiger partial charge on any atom is -0.457 e. The van der Waals surface area contributed by atoms with E-state index in [1.165, 1.54) is 12.1 Å². The Bertz CT molecular complexity index is 800. The summed E-state index contributed by atoms with van der Waals surface area (Å²) >= 11 is 0. The van der Waals surface area contributed by atoms with Crippen molar-refractivity contribution in [3.63, 3.8) is 0 Å². The smallest absolute Gasteiger partial charge is 0.416 e. The maximum atomic E-state index is 12.7. The molecule has 0 aliphatic heterocycles. The van der Waals surface area contributed by atoms with Crippen LogP contribution in [0.25, 0.3) is 0 Å². The molecule has 0 unspecified atom stereocenters. The molecule has 0 atom stereocenters. The number of rotatable bonds is 6. The number of benzene rings is 2. The standard InChI is InChI=1S/C18H17F3N2O3/c1-3-25-23-17(12(2)22-24)13-7-9-15(10-8-13)26-16-6-4-5-14(11-16)18(19,20)21/h4-11,24H,3H2,1-2H3/b22-12+,23-17-. The summed E-state index contributed by atoms with van der Waals surface area (Å²) in [6.45, 7) is 3.67. The Labute approximate surface area is 148 Å². The van der Waals surface area contributed by atoms with Gasteiger partial charge in [0.15, 0.2) is 0 Å².